The fraction of sp³-hybridized carbons (Fsp3) is 0.429. The monoisotopic (exact) mass is 188 g/mol. The molecule has 0 saturated heterocycles. The maximum Gasteiger partial charge on any atom is -0.0174 e. The van der Waals surface area contributed by atoms with Crippen molar-refractivity contribution in [3.63, 3.8) is 0 Å². The van der Waals surface area contributed by atoms with E-state index < -0.39 is 0 Å². The van der Waals surface area contributed by atoms with Gasteiger partial charge >= 0.3 is 0 Å². The van der Waals surface area contributed by atoms with Crippen molar-refractivity contribution in [1.29, 1.82) is 0 Å². The lowest BCUT2D eigenvalue weighted by Crippen LogP contribution is -1.95. The predicted octanol–water partition coefficient (Wildman–Crippen LogP) is 4.46. The summed E-state index contributed by atoms with van der Waals surface area (Å²) in [4.78, 5) is 0. The molecule has 1 rings (SSSR count). The van der Waals surface area contributed by atoms with Crippen LogP contribution in [0.25, 0.3) is 5.57 Å². The summed E-state index contributed by atoms with van der Waals surface area (Å²) in [6.07, 6.45) is 0. The third-order valence-electron chi connectivity index (χ3n) is 2.65. The summed E-state index contributed by atoms with van der Waals surface area (Å²) in [7, 11) is 0. The molecule has 0 aliphatic heterocycles. The van der Waals surface area contributed by atoms with Crippen LogP contribution in [0, 0.1) is 13.8 Å². The average Bonchev–Trinajstić information content (AvgIpc) is 2.01. The van der Waals surface area contributed by atoms with Gasteiger partial charge in [0.15, 0.2) is 0 Å². The van der Waals surface area contributed by atoms with Gasteiger partial charge in [-0.15, -0.1) is 0 Å². The van der Waals surface area contributed by atoms with Crippen LogP contribution in [0.15, 0.2) is 18.7 Å². The van der Waals surface area contributed by atoms with E-state index in [0.717, 1.165) is 5.57 Å². The SMILES string of the molecule is C=C(C)c1c(C)cc(C(C)C)cc1C. The largest absolute Gasteiger partial charge is 0.0955 e. The highest BCUT2D eigenvalue weighted by Crippen LogP contribution is 2.26. The zero-order valence-electron chi connectivity index (χ0n) is 9.94. The Kier molecular flexibility index (Phi) is 3.15. The fourth-order valence-corrected chi connectivity index (χ4v) is 2.00. The summed E-state index contributed by atoms with van der Waals surface area (Å²) in [5.41, 5.74) is 6.61. The number of hydrogen-bond acceptors (Lipinski definition) is 0. The number of benzene rings is 1. The molecule has 0 atom stereocenters. The molecule has 0 bridgehead atoms. The Morgan fingerprint density at radius 1 is 1.14 bits per heavy atom. The van der Waals surface area contributed by atoms with Crippen molar-refractivity contribution in [2.24, 2.45) is 0 Å². The Bertz CT molecular complexity index is 333. The van der Waals surface area contributed by atoms with E-state index in [9.17, 15) is 0 Å². The first-order valence-electron chi connectivity index (χ1n) is 5.20. The quantitative estimate of drug-likeness (QED) is 0.642. The van der Waals surface area contributed by atoms with Crippen LogP contribution in [-0.2, 0) is 0 Å². The zero-order valence-corrected chi connectivity index (χ0v) is 9.94. The Balaban J connectivity index is 3.32. The maximum atomic E-state index is 4.02. The molecule has 1 aromatic carbocycles. The van der Waals surface area contributed by atoms with Crippen molar-refractivity contribution < 1.29 is 0 Å². The third kappa shape index (κ3) is 2.06. The first-order chi connectivity index (χ1) is 6.43. The molecule has 0 aliphatic carbocycles. The van der Waals surface area contributed by atoms with E-state index in [0.29, 0.717) is 5.92 Å². The Morgan fingerprint density at radius 3 is 1.86 bits per heavy atom. The molecule has 0 radical (unpaired) electrons. The highest BCUT2D eigenvalue weighted by Gasteiger charge is 2.07. The molecule has 0 amide bonds. The van der Waals surface area contributed by atoms with Crippen molar-refractivity contribution >= 4 is 5.57 Å². The average molecular weight is 188 g/mol. The molecule has 0 nitrogen and oxygen atoms in total. The van der Waals surface area contributed by atoms with E-state index in [-0.39, 0.29) is 0 Å². The fourth-order valence-electron chi connectivity index (χ4n) is 2.00. The molecule has 0 saturated carbocycles. The molecule has 0 unspecified atom stereocenters. The van der Waals surface area contributed by atoms with E-state index >= 15 is 0 Å². The predicted molar refractivity (Wildman–Crippen MR) is 64.7 cm³/mol. The van der Waals surface area contributed by atoms with Crippen molar-refractivity contribution in [3.05, 3.63) is 41.0 Å². The molecule has 0 N–H and O–H groups in total. The van der Waals surface area contributed by atoms with Gasteiger partial charge in [0.05, 0.1) is 0 Å². The van der Waals surface area contributed by atoms with Gasteiger partial charge in [-0.3, -0.25) is 0 Å². The van der Waals surface area contributed by atoms with Gasteiger partial charge in [0, 0.05) is 0 Å². The molecule has 0 heteroatoms. The summed E-state index contributed by atoms with van der Waals surface area (Å²) in [5.74, 6) is 0.603. The van der Waals surface area contributed by atoms with Crippen LogP contribution in [0.4, 0.5) is 0 Å². The topological polar surface area (TPSA) is 0 Å². The summed E-state index contributed by atoms with van der Waals surface area (Å²) < 4.78 is 0. The van der Waals surface area contributed by atoms with Crippen LogP contribution in [0.2, 0.25) is 0 Å². The molecular formula is C14H20. The highest BCUT2D eigenvalue weighted by molar-refractivity contribution is 5.68. The standard InChI is InChI=1S/C14H20/c1-9(2)13-7-11(5)14(10(3)4)12(6)8-13/h7-9H,3H2,1-2,4-6H3. The van der Waals surface area contributed by atoms with Crippen LogP contribution >= 0.6 is 0 Å². The van der Waals surface area contributed by atoms with Crippen molar-refractivity contribution in [2.45, 2.75) is 40.5 Å². The third-order valence-corrected chi connectivity index (χ3v) is 2.65. The van der Waals surface area contributed by atoms with Gasteiger partial charge in [-0.2, -0.15) is 0 Å². The highest BCUT2D eigenvalue weighted by atomic mass is 14.1. The minimum Gasteiger partial charge on any atom is -0.0955 e. The van der Waals surface area contributed by atoms with Crippen LogP contribution in [-0.4, -0.2) is 0 Å². The molecule has 0 spiro atoms. The van der Waals surface area contributed by atoms with Crippen molar-refractivity contribution in [1.82, 2.24) is 0 Å². The maximum absolute atomic E-state index is 4.02. The van der Waals surface area contributed by atoms with E-state index in [2.05, 4.69) is 53.3 Å². The normalized spacial score (nSPS) is 10.7. The van der Waals surface area contributed by atoms with E-state index in [1.165, 1.54) is 22.3 Å². The summed E-state index contributed by atoms with van der Waals surface area (Å²) in [6, 6.07) is 4.56. The van der Waals surface area contributed by atoms with Gasteiger partial charge < -0.3 is 0 Å². The number of aryl methyl sites for hydroxylation is 2. The summed E-state index contributed by atoms with van der Waals surface area (Å²) in [5, 5.41) is 0. The van der Waals surface area contributed by atoms with Gasteiger partial charge in [-0.05, 0) is 48.9 Å². The van der Waals surface area contributed by atoms with Crippen molar-refractivity contribution in [2.75, 3.05) is 0 Å². The van der Waals surface area contributed by atoms with Gasteiger partial charge in [0.1, 0.15) is 0 Å². The Morgan fingerprint density at radius 2 is 1.57 bits per heavy atom. The van der Waals surface area contributed by atoms with Crippen LogP contribution in [0.3, 0.4) is 0 Å². The Labute approximate surface area is 87.7 Å². The molecule has 0 heterocycles. The first kappa shape index (κ1) is 11.0. The van der Waals surface area contributed by atoms with Gasteiger partial charge in [-0.1, -0.05) is 38.1 Å². The second-order valence-corrected chi connectivity index (χ2v) is 4.46. The van der Waals surface area contributed by atoms with Crippen LogP contribution in [0.1, 0.15) is 48.9 Å². The molecule has 76 valence electrons. The van der Waals surface area contributed by atoms with E-state index in [1.807, 2.05) is 0 Å². The zero-order chi connectivity index (χ0) is 10.9. The first-order valence-corrected chi connectivity index (χ1v) is 5.20. The molecule has 0 fully saturated rings. The van der Waals surface area contributed by atoms with Crippen LogP contribution < -0.4 is 0 Å². The molecule has 0 aromatic heterocycles. The lowest BCUT2D eigenvalue weighted by Gasteiger charge is -2.14. The van der Waals surface area contributed by atoms with Gasteiger partial charge in [0.25, 0.3) is 0 Å². The van der Waals surface area contributed by atoms with E-state index in [1.54, 1.807) is 0 Å². The minimum absolute atomic E-state index is 0.603. The van der Waals surface area contributed by atoms with Crippen molar-refractivity contribution in [3.8, 4) is 0 Å². The lowest BCUT2D eigenvalue weighted by atomic mass is 9.91. The second-order valence-electron chi connectivity index (χ2n) is 4.46. The van der Waals surface area contributed by atoms with E-state index in [4.69, 9.17) is 0 Å². The smallest absolute Gasteiger partial charge is 0.0174 e. The minimum atomic E-state index is 0.603. The second kappa shape index (κ2) is 4.00. The molecule has 0 aliphatic rings. The Hall–Kier alpha value is -1.04. The number of hydrogen-bond donors (Lipinski definition) is 0. The van der Waals surface area contributed by atoms with Gasteiger partial charge in [-0.25, -0.2) is 0 Å². The lowest BCUT2D eigenvalue weighted by molar-refractivity contribution is 0.862. The summed E-state index contributed by atoms with van der Waals surface area (Å²) in [6.45, 7) is 14.9. The number of allylic oxidation sites excluding steroid dienone is 1. The van der Waals surface area contributed by atoms with Gasteiger partial charge in [0.2, 0.25) is 0 Å². The number of rotatable bonds is 2. The molecular weight excluding hydrogens is 168 g/mol. The summed E-state index contributed by atoms with van der Waals surface area (Å²) >= 11 is 0. The van der Waals surface area contributed by atoms with Crippen LogP contribution in [0.5, 0.6) is 0 Å². The molecule has 14 heavy (non-hydrogen) atoms. The molecule has 1 aromatic rings.